The summed E-state index contributed by atoms with van der Waals surface area (Å²) in [4.78, 5) is 12.4. The van der Waals surface area contributed by atoms with Gasteiger partial charge in [0.25, 0.3) is 5.91 Å². The summed E-state index contributed by atoms with van der Waals surface area (Å²) in [6.45, 7) is 0. The molecule has 0 atom stereocenters. The molecule has 2 aliphatic rings. The number of hydrogen-bond acceptors (Lipinski definition) is 4. The predicted molar refractivity (Wildman–Crippen MR) is 103 cm³/mol. The normalized spacial score (nSPS) is 15.3. The molecule has 134 valence electrons. The Morgan fingerprint density at radius 1 is 1.07 bits per heavy atom. The number of benzene rings is 2. The molecule has 1 aliphatic heterocycles. The molecule has 1 aliphatic carbocycles. The SMILES string of the molecule is COc1cc2c(cc1OC)-c1n[nH]c(/C=C3\C(=O)Nc4ccccc43)c1C2. The summed E-state index contributed by atoms with van der Waals surface area (Å²) in [6, 6.07) is 11.6. The smallest absolute Gasteiger partial charge is 0.256 e. The third-order valence-electron chi connectivity index (χ3n) is 5.13. The highest BCUT2D eigenvalue weighted by Gasteiger charge is 2.28. The number of aromatic nitrogens is 2. The van der Waals surface area contributed by atoms with Crippen LogP contribution in [0.25, 0.3) is 22.9 Å². The molecule has 1 aromatic heterocycles. The quantitative estimate of drug-likeness (QED) is 0.549. The van der Waals surface area contributed by atoms with Crippen molar-refractivity contribution in [3.8, 4) is 22.8 Å². The summed E-state index contributed by atoms with van der Waals surface area (Å²) in [5.74, 6) is 1.28. The maximum atomic E-state index is 12.4. The van der Waals surface area contributed by atoms with Crippen molar-refractivity contribution in [3.63, 3.8) is 0 Å². The molecule has 1 amide bonds. The van der Waals surface area contributed by atoms with Gasteiger partial charge in [0.2, 0.25) is 0 Å². The summed E-state index contributed by atoms with van der Waals surface area (Å²) >= 11 is 0. The number of anilines is 1. The molecule has 0 radical (unpaired) electrons. The number of hydrogen-bond donors (Lipinski definition) is 2. The largest absolute Gasteiger partial charge is 0.493 e. The molecule has 2 heterocycles. The molecule has 27 heavy (non-hydrogen) atoms. The van der Waals surface area contributed by atoms with Crippen LogP contribution in [0.3, 0.4) is 0 Å². The van der Waals surface area contributed by atoms with Crippen molar-refractivity contribution < 1.29 is 14.3 Å². The standard InChI is InChI=1S/C21H17N3O3/c1-26-18-8-11-7-15-17(23-24-20(15)13(11)10-19(18)27-2)9-14-12-5-3-4-6-16(12)22-21(14)25/h3-6,8-10H,7H2,1-2H3,(H,22,25)(H,23,24)/b14-9-. The van der Waals surface area contributed by atoms with Gasteiger partial charge in [-0.05, 0) is 29.8 Å². The second-order valence-electron chi connectivity index (χ2n) is 6.56. The minimum absolute atomic E-state index is 0.0987. The fourth-order valence-corrected chi connectivity index (χ4v) is 3.80. The zero-order valence-corrected chi connectivity index (χ0v) is 14.9. The number of aromatic amines is 1. The fraction of sp³-hybridized carbons (Fsp3) is 0.143. The summed E-state index contributed by atoms with van der Waals surface area (Å²) in [5.41, 5.74) is 7.36. The molecule has 0 spiro atoms. The summed E-state index contributed by atoms with van der Waals surface area (Å²) in [5, 5.41) is 10.5. The van der Waals surface area contributed by atoms with Gasteiger partial charge < -0.3 is 14.8 Å². The second kappa shape index (κ2) is 5.74. The topological polar surface area (TPSA) is 76.2 Å². The highest BCUT2D eigenvalue weighted by atomic mass is 16.5. The Balaban J connectivity index is 1.60. The van der Waals surface area contributed by atoms with Crippen LogP contribution in [0.5, 0.6) is 11.5 Å². The predicted octanol–water partition coefficient (Wildman–Crippen LogP) is 3.49. The van der Waals surface area contributed by atoms with Gasteiger partial charge in [-0.25, -0.2) is 0 Å². The Morgan fingerprint density at radius 2 is 1.85 bits per heavy atom. The first-order chi connectivity index (χ1) is 13.2. The molecular formula is C21H17N3O3. The minimum atomic E-state index is -0.0987. The maximum Gasteiger partial charge on any atom is 0.256 e. The Bertz CT molecular complexity index is 1130. The van der Waals surface area contributed by atoms with Gasteiger partial charge in [-0.3, -0.25) is 9.89 Å². The Kier molecular flexibility index (Phi) is 3.33. The monoisotopic (exact) mass is 359 g/mol. The highest BCUT2D eigenvalue weighted by Crippen LogP contribution is 2.43. The van der Waals surface area contributed by atoms with Gasteiger partial charge in [0, 0.05) is 28.8 Å². The molecule has 0 saturated carbocycles. The van der Waals surface area contributed by atoms with E-state index in [1.807, 2.05) is 42.5 Å². The van der Waals surface area contributed by atoms with E-state index in [0.717, 1.165) is 45.7 Å². The zero-order valence-electron chi connectivity index (χ0n) is 14.9. The molecule has 0 bridgehead atoms. The molecule has 0 saturated heterocycles. The summed E-state index contributed by atoms with van der Waals surface area (Å²) < 4.78 is 10.8. The van der Waals surface area contributed by atoms with Crippen LogP contribution in [0.4, 0.5) is 5.69 Å². The van der Waals surface area contributed by atoms with Crippen molar-refractivity contribution in [2.45, 2.75) is 6.42 Å². The van der Waals surface area contributed by atoms with Crippen molar-refractivity contribution in [2.75, 3.05) is 19.5 Å². The van der Waals surface area contributed by atoms with E-state index in [-0.39, 0.29) is 5.91 Å². The number of carbonyl (C=O) groups excluding carboxylic acids is 1. The van der Waals surface area contributed by atoms with Gasteiger partial charge in [0.15, 0.2) is 11.5 Å². The Morgan fingerprint density at radius 3 is 2.67 bits per heavy atom. The zero-order chi connectivity index (χ0) is 18.5. The maximum absolute atomic E-state index is 12.4. The van der Waals surface area contributed by atoms with Gasteiger partial charge in [-0.2, -0.15) is 5.10 Å². The molecule has 6 nitrogen and oxygen atoms in total. The van der Waals surface area contributed by atoms with Crippen LogP contribution in [-0.2, 0) is 11.2 Å². The van der Waals surface area contributed by atoms with E-state index in [1.54, 1.807) is 14.2 Å². The molecule has 0 fully saturated rings. The fourth-order valence-electron chi connectivity index (χ4n) is 3.80. The lowest BCUT2D eigenvalue weighted by molar-refractivity contribution is -0.110. The van der Waals surface area contributed by atoms with E-state index in [0.29, 0.717) is 17.1 Å². The highest BCUT2D eigenvalue weighted by molar-refractivity contribution is 6.34. The lowest BCUT2D eigenvalue weighted by Crippen LogP contribution is -2.03. The average molecular weight is 359 g/mol. The molecule has 2 N–H and O–H groups in total. The van der Waals surface area contributed by atoms with Crippen LogP contribution in [0.2, 0.25) is 0 Å². The van der Waals surface area contributed by atoms with Crippen LogP contribution < -0.4 is 14.8 Å². The van der Waals surface area contributed by atoms with Crippen LogP contribution in [0.1, 0.15) is 22.4 Å². The Hall–Kier alpha value is -3.54. The first-order valence-corrected chi connectivity index (χ1v) is 8.64. The van der Waals surface area contributed by atoms with Gasteiger partial charge >= 0.3 is 0 Å². The van der Waals surface area contributed by atoms with E-state index in [2.05, 4.69) is 15.5 Å². The number of nitrogens with zero attached hydrogens (tertiary/aromatic N) is 1. The first kappa shape index (κ1) is 15.7. The van der Waals surface area contributed by atoms with E-state index in [9.17, 15) is 4.79 Å². The number of carbonyl (C=O) groups is 1. The van der Waals surface area contributed by atoms with E-state index in [4.69, 9.17) is 9.47 Å². The number of methoxy groups -OCH3 is 2. The van der Waals surface area contributed by atoms with Crippen molar-refractivity contribution in [3.05, 3.63) is 58.8 Å². The molecule has 6 heteroatoms. The lowest BCUT2D eigenvalue weighted by atomic mass is 10.0. The average Bonchev–Trinajstić information content (AvgIpc) is 3.33. The number of fused-ring (bicyclic) bond motifs is 4. The van der Waals surface area contributed by atoms with Crippen LogP contribution in [-0.4, -0.2) is 30.3 Å². The van der Waals surface area contributed by atoms with E-state index < -0.39 is 0 Å². The third kappa shape index (κ3) is 2.26. The van der Waals surface area contributed by atoms with Crippen molar-refractivity contribution in [1.29, 1.82) is 0 Å². The van der Waals surface area contributed by atoms with Gasteiger partial charge in [0.1, 0.15) is 0 Å². The number of H-pyrrole nitrogens is 1. The lowest BCUT2D eigenvalue weighted by Gasteiger charge is -2.09. The van der Waals surface area contributed by atoms with Crippen molar-refractivity contribution in [1.82, 2.24) is 10.2 Å². The molecule has 3 aromatic rings. The van der Waals surface area contributed by atoms with Crippen LogP contribution in [0, 0.1) is 0 Å². The number of nitrogens with one attached hydrogen (secondary N) is 2. The second-order valence-corrected chi connectivity index (χ2v) is 6.56. The van der Waals surface area contributed by atoms with Gasteiger partial charge in [0.05, 0.1) is 31.2 Å². The number of rotatable bonds is 3. The van der Waals surface area contributed by atoms with Gasteiger partial charge in [-0.15, -0.1) is 0 Å². The number of amides is 1. The molecule has 5 rings (SSSR count). The summed E-state index contributed by atoms with van der Waals surface area (Å²) in [6.07, 6.45) is 2.61. The molecular weight excluding hydrogens is 342 g/mol. The van der Waals surface area contributed by atoms with Crippen LogP contribution >= 0.6 is 0 Å². The third-order valence-corrected chi connectivity index (χ3v) is 5.13. The molecule has 0 unspecified atom stereocenters. The van der Waals surface area contributed by atoms with E-state index >= 15 is 0 Å². The number of para-hydroxylation sites is 1. The summed E-state index contributed by atoms with van der Waals surface area (Å²) in [7, 11) is 3.25. The molecule has 2 aromatic carbocycles. The van der Waals surface area contributed by atoms with Crippen LogP contribution in [0.15, 0.2) is 36.4 Å². The van der Waals surface area contributed by atoms with Crippen molar-refractivity contribution >= 4 is 23.2 Å². The Labute approximate surface area is 155 Å². The first-order valence-electron chi connectivity index (χ1n) is 8.64. The number of ether oxygens (including phenoxy) is 2. The van der Waals surface area contributed by atoms with E-state index in [1.165, 1.54) is 0 Å². The van der Waals surface area contributed by atoms with Gasteiger partial charge in [-0.1, -0.05) is 18.2 Å². The minimum Gasteiger partial charge on any atom is -0.493 e. The van der Waals surface area contributed by atoms with Crippen molar-refractivity contribution in [2.24, 2.45) is 0 Å².